The van der Waals surface area contributed by atoms with Crippen LogP contribution in [0.15, 0.2) is 30.3 Å². The molecule has 3 nitrogen and oxygen atoms in total. The summed E-state index contributed by atoms with van der Waals surface area (Å²) in [7, 11) is -1.49. The van der Waals surface area contributed by atoms with Gasteiger partial charge in [0.2, 0.25) is 10.0 Å². The Morgan fingerprint density at radius 2 is 1.80 bits per heavy atom. The molecule has 0 N–H and O–H groups in total. The molecule has 0 bridgehead atoms. The van der Waals surface area contributed by atoms with Gasteiger partial charge >= 0.3 is 0 Å². The molecule has 15 heavy (non-hydrogen) atoms. The second kappa shape index (κ2) is 4.77. The van der Waals surface area contributed by atoms with Crippen molar-refractivity contribution in [2.24, 2.45) is 0 Å². The molecule has 0 radical (unpaired) electrons. The second-order valence-corrected chi connectivity index (χ2v) is 5.82. The van der Waals surface area contributed by atoms with Crippen LogP contribution in [-0.4, -0.2) is 25.5 Å². The lowest BCUT2D eigenvalue weighted by molar-refractivity contribution is 0.399. The predicted molar refractivity (Wildman–Crippen MR) is 62.1 cm³/mol. The summed E-state index contributed by atoms with van der Waals surface area (Å²) in [4.78, 5) is 0. The van der Waals surface area contributed by atoms with Crippen molar-refractivity contribution in [2.75, 3.05) is 12.8 Å². The SMILES string of the molecule is CCS(=O)(=O)N(C)C(C)c1ccccc1. The van der Waals surface area contributed by atoms with Crippen molar-refractivity contribution in [1.29, 1.82) is 0 Å². The number of hydrogen-bond acceptors (Lipinski definition) is 2. The Morgan fingerprint density at radius 1 is 1.27 bits per heavy atom. The van der Waals surface area contributed by atoms with Crippen LogP contribution in [0.3, 0.4) is 0 Å². The Kier molecular flexibility index (Phi) is 3.88. The Morgan fingerprint density at radius 3 is 2.27 bits per heavy atom. The van der Waals surface area contributed by atoms with Gasteiger partial charge in [-0.05, 0) is 19.4 Å². The molecule has 1 aromatic carbocycles. The lowest BCUT2D eigenvalue weighted by Gasteiger charge is -2.23. The molecule has 0 saturated heterocycles. The largest absolute Gasteiger partial charge is 0.214 e. The summed E-state index contributed by atoms with van der Waals surface area (Å²) in [5.41, 5.74) is 1.01. The topological polar surface area (TPSA) is 37.4 Å². The summed E-state index contributed by atoms with van der Waals surface area (Å²) in [6, 6.07) is 9.51. The summed E-state index contributed by atoms with van der Waals surface area (Å²) in [6.07, 6.45) is 0. The van der Waals surface area contributed by atoms with Gasteiger partial charge in [0.05, 0.1) is 5.75 Å². The minimum atomic E-state index is -3.11. The first-order chi connectivity index (χ1) is 6.99. The Hall–Kier alpha value is -0.870. The van der Waals surface area contributed by atoms with Crippen LogP contribution in [0.5, 0.6) is 0 Å². The zero-order chi connectivity index (χ0) is 11.5. The highest BCUT2D eigenvalue weighted by Crippen LogP contribution is 2.20. The van der Waals surface area contributed by atoms with Crippen molar-refractivity contribution in [3.8, 4) is 0 Å². The van der Waals surface area contributed by atoms with Crippen LogP contribution in [0, 0.1) is 0 Å². The highest BCUT2D eigenvalue weighted by Gasteiger charge is 2.21. The van der Waals surface area contributed by atoms with Gasteiger partial charge < -0.3 is 0 Å². The Balaban J connectivity index is 2.92. The molecular weight excluding hydrogens is 210 g/mol. The molecular formula is C11H17NO2S. The van der Waals surface area contributed by atoms with Crippen LogP contribution in [0.25, 0.3) is 0 Å². The highest BCUT2D eigenvalue weighted by molar-refractivity contribution is 7.89. The Bertz CT molecular complexity index is 400. The molecule has 1 rings (SSSR count). The van der Waals surface area contributed by atoms with Crippen molar-refractivity contribution < 1.29 is 8.42 Å². The molecule has 0 aliphatic carbocycles. The van der Waals surface area contributed by atoms with E-state index in [1.54, 1.807) is 14.0 Å². The molecule has 0 aliphatic rings. The van der Waals surface area contributed by atoms with Crippen LogP contribution in [0.1, 0.15) is 25.5 Å². The fraction of sp³-hybridized carbons (Fsp3) is 0.455. The lowest BCUT2D eigenvalue weighted by Crippen LogP contribution is -2.30. The second-order valence-electron chi connectivity index (χ2n) is 3.50. The number of benzene rings is 1. The van der Waals surface area contributed by atoms with Crippen LogP contribution in [0.4, 0.5) is 0 Å². The van der Waals surface area contributed by atoms with Gasteiger partial charge in [-0.25, -0.2) is 8.42 Å². The van der Waals surface area contributed by atoms with E-state index in [9.17, 15) is 8.42 Å². The van der Waals surface area contributed by atoms with Crippen LogP contribution in [-0.2, 0) is 10.0 Å². The third kappa shape index (κ3) is 2.79. The van der Waals surface area contributed by atoms with E-state index >= 15 is 0 Å². The fourth-order valence-electron chi connectivity index (χ4n) is 1.39. The van der Waals surface area contributed by atoms with E-state index < -0.39 is 10.0 Å². The summed E-state index contributed by atoms with van der Waals surface area (Å²) >= 11 is 0. The zero-order valence-corrected chi connectivity index (χ0v) is 10.2. The van der Waals surface area contributed by atoms with Gasteiger partial charge in [-0.15, -0.1) is 0 Å². The molecule has 0 aromatic heterocycles. The third-order valence-electron chi connectivity index (χ3n) is 2.63. The summed E-state index contributed by atoms with van der Waals surface area (Å²) in [5.74, 6) is 0.140. The molecule has 1 unspecified atom stereocenters. The van der Waals surface area contributed by atoms with Gasteiger partial charge in [-0.3, -0.25) is 0 Å². The minimum absolute atomic E-state index is 0.115. The molecule has 1 atom stereocenters. The predicted octanol–water partition coefficient (Wildman–Crippen LogP) is 2.03. The molecule has 0 spiro atoms. The first kappa shape index (κ1) is 12.2. The van der Waals surface area contributed by atoms with E-state index in [1.165, 1.54) is 4.31 Å². The molecule has 0 heterocycles. The number of sulfonamides is 1. The van der Waals surface area contributed by atoms with Crippen molar-refractivity contribution in [3.63, 3.8) is 0 Å². The van der Waals surface area contributed by atoms with Crippen molar-refractivity contribution >= 4 is 10.0 Å². The number of hydrogen-bond donors (Lipinski definition) is 0. The maximum Gasteiger partial charge on any atom is 0.214 e. The van der Waals surface area contributed by atoms with E-state index in [-0.39, 0.29) is 11.8 Å². The standard InChI is InChI=1S/C11H17NO2S/c1-4-15(13,14)12(3)10(2)11-8-6-5-7-9-11/h5-10H,4H2,1-3H3. The first-order valence-corrected chi connectivity index (χ1v) is 6.60. The minimum Gasteiger partial charge on any atom is -0.212 e. The van der Waals surface area contributed by atoms with Gasteiger partial charge in [0, 0.05) is 13.1 Å². The summed E-state index contributed by atoms with van der Waals surface area (Å²) in [6.45, 7) is 3.55. The molecule has 0 aliphatic heterocycles. The average Bonchev–Trinajstić information content (AvgIpc) is 2.28. The lowest BCUT2D eigenvalue weighted by atomic mass is 10.1. The average molecular weight is 227 g/mol. The zero-order valence-electron chi connectivity index (χ0n) is 9.34. The molecule has 0 saturated carbocycles. The molecule has 4 heteroatoms. The quantitative estimate of drug-likeness (QED) is 0.789. The van der Waals surface area contributed by atoms with Gasteiger partial charge in [-0.1, -0.05) is 30.3 Å². The van der Waals surface area contributed by atoms with Gasteiger partial charge in [0.25, 0.3) is 0 Å². The van der Waals surface area contributed by atoms with Crippen LogP contribution >= 0.6 is 0 Å². The van der Waals surface area contributed by atoms with Gasteiger partial charge in [0.1, 0.15) is 0 Å². The normalized spacial score (nSPS) is 14.1. The van der Waals surface area contributed by atoms with E-state index in [0.717, 1.165) is 5.56 Å². The molecule has 84 valence electrons. The Labute approximate surface area is 91.8 Å². The highest BCUT2D eigenvalue weighted by atomic mass is 32.2. The van der Waals surface area contributed by atoms with E-state index in [4.69, 9.17) is 0 Å². The van der Waals surface area contributed by atoms with Crippen LogP contribution < -0.4 is 0 Å². The van der Waals surface area contributed by atoms with Crippen molar-refractivity contribution in [2.45, 2.75) is 19.9 Å². The maximum atomic E-state index is 11.6. The smallest absolute Gasteiger partial charge is 0.212 e. The van der Waals surface area contributed by atoms with E-state index in [1.807, 2.05) is 37.3 Å². The van der Waals surface area contributed by atoms with Crippen molar-refractivity contribution in [3.05, 3.63) is 35.9 Å². The third-order valence-corrected chi connectivity index (χ3v) is 4.55. The van der Waals surface area contributed by atoms with Gasteiger partial charge in [0.15, 0.2) is 0 Å². The van der Waals surface area contributed by atoms with Crippen molar-refractivity contribution in [1.82, 2.24) is 4.31 Å². The fourth-order valence-corrected chi connectivity index (χ4v) is 2.40. The molecule has 0 fully saturated rings. The first-order valence-electron chi connectivity index (χ1n) is 4.99. The van der Waals surface area contributed by atoms with Crippen LogP contribution in [0.2, 0.25) is 0 Å². The van der Waals surface area contributed by atoms with Gasteiger partial charge in [-0.2, -0.15) is 4.31 Å². The molecule has 0 amide bonds. The summed E-state index contributed by atoms with van der Waals surface area (Å²) < 4.78 is 24.7. The number of nitrogens with zero attached hydrogens (tertiary/aromatic N) is 1. The van der Waals surface area contributed by atoms with E-state index in [0.29, 0.717) is 0 Å². The van der Waals surface area contributed by atoms with E-state index in [2.05, 4.69) is 0 Å². The monoisotopic (exact) mass is 227 g/mol. The number of rotatable bonds is 4. The maximum absolute atomic E-state index is 11.6. The molecule has 1 aromatic rings. The summed E-state index contributed by atoms with van der Waals surface area (Å²) in [5, 5.41) is 0.